The molecule has 0 saturated carbocycles. The SMILES string of the molecule is CC(=O)c1ccc(-c2ccc3c(N4CCCC4)nc(C)nc3c2)s1. The predicted molar refractivity (Wildman–Crippen MR) is 99.0 cm³/mol. The van der Waals surface area contributed by atoms with Gasteiger partial charge in [0.1, 0.15) is 11.6 Å². The molecule has 0 N–H and O–H groups in total. The number of ketones is 1. The van der Waals surface area contributed by atoms with Gasteiger partial charge in [-0.15, -0.1) is 11.3 Å². The molecular weight excluding hydrogens is 318 g/mol. The van der Waals surface area contributed by atoms with Gasteiger partial charge in [-0.3, -0.25) is 4.79 Å². The maximum Gasteiger partial charge on any atom is 0.169 e. The highest BCUT2D eigenvalue weighted by atomic mass is 32.1. The van der Waals surface area contributed by atoms with Gasteiger partial charge in [0.15, 0.2) is 5.78 Å². The van der Waals surface area contributed by atoms with Crippen LogP contribution in [0.1, 0.15) is 35.3 Å². The third kappa shape index (κ3) is 2.69. The van der Waals surface area contributed by atoms with Crippen LogP contribution in [-0.4, -0.2) is 28.8 Å². The largest absolute Gasteiger partial charge is 0.356 e. The highest BCUT2D eigenvalue weighted by Crippen LogP contribution is 2.33. The summed E-state index contributed by atoms with van der Waals surface area (Å²) in [6.07, 6.45) is 2.46. The first-order valence-electron chi connectivity index (χ1n) is 8.26. The van der Waals surface area contributed by atoms with Gasteiger partial charge in [-0.2, -0.15) is 0 Å². The van der Waals surface area contributed by atoms with Gasteiger partial charge in [0.25, 0.3) is 0 Å². The van der Waals surface area contributed by atoms with Gasteiger partial charge in [-0.05, 0) is 56.5 Å². The number of hydrogen-bond acceptors (Lipinski definition) is 5. The number of thiophene rings is 1. The molecule has 0 radical (unpaired) electrons. The van der Waals surface area contributed by atoms with Gasteiger partial charge >= 0.3 is 0 Å². The van der Waals surface area contributed by atoms with Gasteiger partial charge in [-0.25, -0.2) is 9.97 Å². The lowest BCUT2D eigenvalue weighted by Gasteiger charge is -2.19. The number of anilines is 1. The minimum atomic E-state index is 0.113. The molecule has 1 aliphatic rings. The molecule has 0 aliphatic carbocycles. The summed E-state index contributed by atoms with van der Waals surface area (Å²) in [5, 5.41) is 1.11. The molecule has 3 heterocycles. The summed E-state index contributed by atoms with van der Waals surface area (Å²) in [6, 6.07) is 10.2. The van der Waals surface area contributed by atoms with Crippen molar-refractivity contribution in [3.05, 3.63) is 41.0 Å². The number of rotatable bonds is 3. The summed E-state index contributed by atoms with van der Waals surface area (Å²) in [4.78, 5) is 25.1. The number of nitrogens with zero attached hydrogens (tertiary/aromatic N) is 3. The fourth-order valence-corrected chi connectivity index (χ4v) is 4.13. The van der Waals surface area contributed by atoms with Crippen molar-refractivity contribution in [2.24, 2.45) is 0 Å². The second-order valence-corrected chi connectivity index (χ2v) is 7.32. The van der Waals surface area contributed by atoms with Crippen LogP contribution in [-0.2, 0) is 0 Å². The number of aromatic nitrogens is 2. The number of fused-ring (bicyclic) bond motifs is 1. The number of carbonyl (C=O) groups excluding carboxylic acids is 1. The van der Waals surface area contributed by atoms with Crippen LogP contribution >= 0.6 is 11.3 Å². The molecule has 0 atom stereocenters. The first-order valence-corrected chi connectivity index (χ1v) is 9.08. The maximum absolute atomic E-state index is 11.5. The summed E-state index contributed by atoms with van der Waals surface area (Å²) in [5.41, 5.74) is 2.07. The van der Waals surface area contributed by atoms with E-state index in [0.29, 0.717) is 0 Å². The van der Waals surface area contributed by atoms with E-state index in [4.69, 9.17) is 0 Å². The Morgan fingerprint density at radius 2 is 1.92 bits per heavy atom. The molecule has 3 aromatic rings. The van der Waals surface area contributed by atoms with E-state index in [1.54, 1.807) is 6.92 Å². The van der Waals surface area contributed by atoms with E-state index in [1.807, 2.05) is 19.1 Å². The molecule has 0 bridgehead atoms. The van der Waals surface area contributed by atoms with Crippen molar-refractivity contribution in [3.8, 4) is 10.4 Å². The maximum atomic E-state index is 11.5. The van der Waals surface area contributed by atoms with Crippen molar-refractivity contribution >= 4 is 33.8 Å². The predicted octanol–water partition coefficient (Wildman–Crippen LogP) is 4.47. The number of aryl methyl sites for hydroxylation is 1. The normalized spacial score (nSPS) is 14.5. The Morgan fingerprint density at radius 1 is 1.12 bits per heavy atom. The lowest BCUT2D eigenvalue weighted by atomic mass is 10.1. The highest BCUT2D eigenvalue weighted by molar-refractivity contribution is 7.17. The molecule has 24 heavy (non-hydrogen) atoms. The second kappa shape index (κ2) is 5.98. The number of hydrogen-bond donors (Lipinski definition) is 0. The van der Waals surface area contributed by atoms with Crippen molar-refractivity contribution in [1.29, 1.82) is 0 Å². The van der Waals surface area contributed by atoms with Crippen LogP contribution in [0.25, 0.3) is 21.3 Å². The fraction of sp³-hybridized carbons (Fsp3) is 0.316. The molecule has 5 heteroatoms. The Morgan fingerprint density at radius 3 is 2.62 bits per heavy atom. The monoisotopic (exact) mass is 337 g/mol. The molecule has 0 amide bonds. The summed E-state index contributed by atoms with van der Waals surface area (Å²) < 4.78 is 0. The van der Waals surface area contributed by atoms with E-state index in [9.17, 15) is 4.79 Å². The van der Waals surface area contributed by atoms with Crippen LogP contribution in [0.4, 0.5) is 5.82 Å². The molecule has 1 saturated heterocycles. The molecule has 1 fully saturated rings. The molecule has 0 spiro atoms. The van der Waals surface area contributed by atoms with Crippen molar-refractivity contribution in [2.45, 2.75) is 26.7 Å². The number of Topliss-reactive ketones (excluding diaryl/α,β-unsaturated/α-hetero) is 1. The zero-order chi connectivity index (χ0) is 16.7. The van der Waals surface area contributed by atoms with Crippen molar-refractivity contribution in [1.82, 2.24) is 9.97 Å². The fourth-order valence-electron chi connectivity index (χ4n) is 3.23. The van der Waals surface area contributed by atoms with Crippen LogP contribution in [0.2, 0.25) is 0 Å². The van der Waals surface area contributed by atoms with E-state index in [0.717, 1.165) is 51.0 Å². The Bertz CT molecular complexity index is 926. The molecule has 1 aliphatic heterocycles. The van der Waals surface area contributed by atoms with E-state index < -0.39 is 0 Å². The summed E-state index contributed by atoms with van der Waals surface area (Å²) >= 11 is 1.53. The second-order valence-electron chi connectivity index (χ2n) is 6.24. The van der Waals surface area contributed by atoms with Crippen molar-refractivity contribution in [2.75, 3.05) is 18.0 Å². The zero-order valence-corrected chi connectivity index (χ0v) is 14.7. The standard InChI is InChI=1S/C19H19N3OS/c1-12(23)17-7-8-18(24-17)14-5-6-15-16(11-14)20-13(2)21-19(15)22-9-3-4-10-22/h5-8,11H,3-4,9-10H2,1-2H3. The molecule has 4 rings (SSSR count). The molecular formula is C19H19N3OS. The minimum Gasteiger partial charge on any atom is -0.356 e. The molecule has 4 nitrogen and oxygen atoms in total. The first-order chi connectivity index (χ1) is 11.6. The van der Waals surface area contributed by atoms with Gasteiger partial charge in [-0.1, -0.05) is 6.07 Å². The summed E-state index contributed by atoms with van der Waals surface area (Å²) in [7, 11) is 0. The lowest BCUT2D eigenvalue weighted by molar-refractivity contribution is 0.102. The number of benzene rings is 1. The average Bonchev–Trinajstić information content (AvgIpc) is 3.25. The smallest absolute Gasteiger partial charge is 0.169 e. The Kier molecular flexibility index (Phi) is 3.81. The Hall–Kier alpha value is -2.27. The zero-order valence-electron chi connectivity index (χ0n) is 13.9. The van der Waals surface area contributed by atoms with Gasteiger partial charge in [0, 0.05) is 23.4 Å². The van der Waals surface area contributed by atoms with E-state index in [-0.39, 0.29) is 5.78 Å². The van der Waals surface area contributed by atoms with Crippen LogP contribution < -0.4 is 4.90 Å². The van der Waals surface area contributed by atoms with Crippen molar-refractivity contribution in [3.63, 3.8) is 0 Å². The molecule has 0 unspecified atom stereocenters. The van der Waals surface area contributed by atoms with Gasteiger partial charge in [0.2, 0.25) is 0 Å². The third-order valence-electron chi connectivity index (χ3n) is 4.43. The van der Waals surface area contributed by atoms with Crippen LogP contribution in [0.3, 0.4) is 0 Å². The molecule has 122 valence electrons. The van der Waals surface area contributed by atoms with Gasteiger partial charge < -0.3 is 4.90 Å². The van der Waals surface area contributed by atoms with Gasteiger partial charge in [0.05, 0.1) is 10.4 Å². The highest BCUT2D eigenvalue weighted by Gasteiger charge is 2.18. The number of carbonyl (C=O) groups is 1. The van der Waals surface area contributed by atoms with Crippen LogP contribution in [0, 0.1) is 6.92 Å². The summed E-state index contributed by atoms with van der Waals surface area (Å²) in [5.74, 6) is 1.97. The van der Waals surface area contributed by atoms with E-state index >= 15 is 0 Å². The lowest BCUT2D eigenvalue weighted by Crippen LogP contribution is -2.20. The third-order valence-corrected chi connectivity index (χ3v) is 5.67. The summed E-state index contributed by atoms with van der Waals surface area (Å²) in [6.45, 7) is 5.69. The molecule has 1 aromatic carbocycles. The topological polar surface area (TPSA) is 46.1 Å². The van der Waals surface area contributed by atoms with Crippen molar-refractivity contribution < 1.29 is 4.79 Å². The Labute approximate surface area is 145 Å². The van der Waals surface area contributed by atoms with E-state index in [2.05, 4.69) is 33.1 Å². The van der Waals surface area contributed by atoms with Crippen LogP contribution in [0.5, 0.6) is 0 Å². The quantitative estimate of drug-likeness (QED) is 0.662. The minimum absolute atomic E-state index is 0.113. The van der Waals surface area contributed by atoms with E-state index in [1.165, 1.54) is 24.2 Å². The average molecular weight is 337 g/mol. The Balaban J connectivity index is 1.81. The molecule has 2 aromatic heterocycles. The van der Waals surface area contributed by atoms with Crippen LogP contribution in [0.15, 0.2) is 30.3 Å². The first kappa shape index (κ1) is 15.3.